The number of nitrogens with one attached hydrogen (secondary N) is 1. The Kier molecular flexibility index (Phi) is 2.85. The van der Waals surface area contributed by atoms with Crippen LogP contribution in [0.15, 0.2) is 17.8 Å². The maximum Gasteiger partial charge on any atom is 0.322 e. The smallest absolute Gasteiger partial charge is 0.322 e. The molecule has 1 aliphatic heterocycles. The number of fused-ring (bicyclic) bond motifs is 1. The summed E-state index contributed by atoms with van der Waals surface area (Å²) in [6.45, 7) is 1.83. The van der Waals surface area contributed by atoms with Gasteiger partial charge in [-0.25, -0.2) is 9.97 Å². The van der Waals surface area contributed by atoms with Crippen LogP contribution in [0.1, 0.15) is 0 Å². The molecule has 0 bridgehead atoms. The van der Waals surface area contributed by atoms with Gasteiger partial charge in [0.25, 0.3) is 0 Å². The third-order valence-corrected chi connectivity index (χ3v) is 3.83. The summed E-state index contributed by atoms with van der Waals surface area (Å²) in [7, 11) is 0. The molecule has 0 spiro atoms. The summed E-state index contributed by atoms with van der Waals surface area (Å²) >= 11 is 1.56. The number of carboxylic acids is 1. The van der Waals surface area contributed by atoms with Crippen molar-refractivity contribution in [1.82, 2.24) is 15.3 Å². The van der Waals surface area contributed by atoms with Crippen LogP contribution in [0.5, 0.6) is 0 Å². The minimum Gasteiger partial charge on any atom is -0.480 e. The number of carbonyl (C=O) groups is 1. The van der Waals surface area contributed by atoms with Crippen molar-refractivity contribution in [3.63, 3.8) is 0 Å². The quantitative estimate of drug-likeness (QED) is 0.825. The number of thiophene rings is 1. The van der Waals surface area contributed by atoms with Gasteiger partial charge in [-0.2, -0.15) is 0 Å². The van der Waals surface area contributed by atoms with Crippen molar-refractivity contribution in [2.24, 2.45) is 0 Å². The molecule has 3 heterocycles. The average Bonchev–Trinajstić information content (AvgIpc) is 2.87. The Labute approximate surface area is 107 Å². The lowest BCUT2D eigenvalue weighted by Gasteiger charge is -2.32. The fraction of sp³-hybridized carbons (Fsp3) is 0.364. The van der Waals surface area contributed by atoms with Crippen LogP contribution in [0.25, 0.3) is 10.2 Å². The zero-order chi connectivity index (χ0) is 12.5. The van der Waals surface area contributed by atoms with Gasteiger partial charge in [-0.15, -0.1) is 11.3 Å². The monoisotopic (exact) mass is 264 g/mol. The number of rotatable bonds is 2. The van der Waals surface area contributed by atoms with E-state index in [1.54, 1.807) is 11.3 Å². The van der Waals surface area contributed by atoms with Crippen LogP contribution < -0.4 is 10.2 Å². The van der Waals surface area contributed by atoms with Gasteiger partial charge in [0.2, 0.25) is 0 Å². The number of nitrogens with zero attached hydrogens (tertiary/aromatic N) is 3. The van der Waals surface area contributed by atoms with E-state index < -0.39 is 12.0 Å². The highest BCUT2D eigenvalue weighted by Crippen LogP contribution is 2.27. The Hall–Kier alpha value is -1.73. The second-order valence-electron chi connectivity index (χ2n) is 4.13. The van der Waals surface area contributed by atoms with Gasteiger partial charge >= 0.3 is 5.97 Å². The van der Waals surface area contributed by atoms with Gasteiger partial charge in [-0.3, -0.25) is 4.79 Å². The minimum atomic E-state index is -0.824. The largest absolute Gasteiger partial charge is 0.480 e. The summed E-state index contributed by atoms with van der Waals surface area (Å²) in [5.74, 6) is 0.00400. The molecule has 2 aromatic rings. The Morgan fingerprint density at radius 3 is 3.28 bits per heavy atom. The van der Waals surface area contributed by atoms with Crippen molar-refractivity contribution in [2.45, 2.75) is 6.04 Å². The van der Waals surface area contributed by atoms with Gasteiger partial charge in [0.1, 0.15) is 23.0 Å². The van der Waals surface area contributed by atoms with E-state index in [-0.39, 0.29) is 0 Å². The van der Waals surface area contributed by atoms with Gasteiger partial charge in [-0.05, 0) is 11.4 Å². The molecule has 3 rings (SSSR count). The summed E-state index contributed by atoms with van der Waals surface area (Å²) in [6.07, 6.45) is 1.53. The lowest BCUT2D eigenvalue weighted by Crippen LogP contribution is -2.54. The molecule has 0 amide bonds. The highest BCUT2D eigenvalue weighted by molar-refractivity contribution is 7.16. The molecule has 6 nitrogen and oxygen atoms in total. The first-order chi connectivity index (χ1) is 8.75. The maximum atomic E-state index is 11.0. The molecule has 0 saturated carbocycles. The first kappa shape index (κ1) is 11.4. The number of carboxylic acid groups (broad SMARTS) is 1. The lowest BCUT2D eigenvalue weighted by molar-refractivity contribution is -0.139. The van der Waals surface area contributed by atoms with Crippen molar-refractivity contribution in [1.29, 1.82) is 0 Å². The van der Waals surface area contributed by atoms with Gasteiger partial charge in [0.05, 0.1) is 5.39 Å². The van der Waals surface area contributed by atoms with E-state index in [2.05, 4.69) is 15.3 Å². The van der Waals surface area contributed by atoms with Crippen LogP contribution in [0.2, 0.25) is 0 Å². The van der Waals surface area contributed by atoms with Crippen molar-refractivity contribution >= 4 is 33.3 Å². The molecule has 18 heavy (non-hydrogen) atoms. The summed E-state index contributed by atoms with van der Waals surface area (Å²) in [4.78, 5) is 22.5. The van der Waals surface area contributed by atoms with Crippen LogP contribution in [-0.2, 0) is 4.79 Å². The molecule has 7 heteroatoms. The summed E-state index contributed by atoms with van der Waals surface area (Å²) < 4.78 is 0. The normalized spacial score (nSPS) is 20.2. The SMILES string of the molecule is O=C(O)C1CN(c2ncnc3sccc23)CCN1. The second-order valence-corrected chi connectivity index (χ2v) is 5.02. The van der Waals surface area contributed by atoms with E-state index in [0.29, 0.717) is 13.1 Å². The molecule has 1 atom stereocenters. The topological polar surface area (TPSA) is 78.3 Å². The molecule has 1 saturated heterocycles. The molecular formula is C11H12N4O2S. The van der Waals surface area contributed by atoms with Crippen LogP contribution in [0.3, 0.4) is 0 Å². The van der Waals surface area contributed by atoms with E-state index in [1.807, 2.05) is 16.3 Å². The molecule has 2 N–H and O–H groups in total. The molecule has 1 fully saturated rings. The van der Waals surface area contributed by atoms with Crippen LogP contribution >= 0.6 is 11.3 Å². The standard InChI is InChI=1S/C11H12N4O2S/c16-11(17)8-5-15(3-2-12-8)9-7-1-4-18-10(7)14-6-13-9/h1,4,6,8,12H,2-3,5H2,(H,16,17). The van der Waals surface area contributed by atoms with E-state index in [1.165, 1.54) is 6.33 Å². The molecule has 94 valence electrons. The Morgan fingerprint density at radius 2 is 2.44 bits per heavy atom. The first-order valence-electron chi connectivity index (χ1n) is 5.65. The van der Waals surface area contributed by atoms with E-state index >= 15 is 0 Å². The van der Waals surface area contributed by atoms with E-state index in [9.17, 15) is 4.79 Å². The molecule has 0 aliphatic carbocycles. The van der Waals surface area contributed by atoms with Crippen molar-refractivity contribution in [3.05, 3.63) is 17.8 Å². The van der Waals surface area contributed by atoms with Gasteiger partial charge in [-0.1, -0.05) is 0 Å². The van der Waals surface area contributed by atoms with Crippen molar-refractivity contribution in [2.75, 3.05) is 24.5 Å². The minimum absolute atomic E-state index is 0.428. The van der Waals surface area contributed by atoms with Crippen LogP contribution in [0, 0.1) is 0 Å². The molecule has 0 aromatic carbocycles. The third kappa shape index (κ3) is 1.91. The third-order valence-electron chi connectivity index (χ3n) is 3.01. The number of anilines is 1. The fourth-order valence-electron chi connectivity index (χ4n) is 2.14. The zero-order valence-electron chi connectivity index (χ0n) is 9.54. The highest BCUT2D eigenvalue weighted by Gasteiger charge is 2.26. The fourth-order valence-corrected chi connectivity index (χ4v) is 2.86. The summed E-state index contributed by atoms with van der Waals surface area (Å²) in [5.41, 5.74) is 0. The van der Waals surface area contributed by atoms with Crippen molar-refractivity contribution in [3.8, 4) is 0 Å². The number of aliphatic carboxylic acids is 1. The molecule has 0 radical (unpaired) electrons. The van der Waals surface area contributed by atoms with Crippen LogP contribution in [0.4, 0.5) is 5.82 Å². The lowest BCUT2D eigenvalue weighted by atomic mass is 10.2. The Bertz CT molecular complexity index is 585. The summed E-state index contributed by atoms with van der Waals surface area (Å²) in [6, 6.07) is 1.44. The van der Waals surface area contributed by atoms with E-state index in [0.717, 1.165) is 22.6 Å². The number of aromatic nitrogens is 2. The predicted molar refractivity (Wildman–Crippen MR) is 69.1 cm³/mol. The Balaban J connectivity index is 1.94. The predicted octanol–water partition coefficient (Wildman–Crippen LogP) is 0.554. The second kappa shape index (κ2) is 4.51. The number of hydrogen-bond acceptors (Lipinski definition) is 6. The first-order valence-corrected chi connectivity index (χ1v) is 6.53. The highest BCUT2D eigenvalue weighted by atomic mass is 32.1. The van der Waals surface area contributed by atoms with Crippen LogP contribution in [-0.4, -0.2) is 46.7 Å². The number of hydrogen-bond donors (Lipinski definition) is 2. The van der Waals surface area contributed by atoms with Crippen molar-refractivity contribution < 1.29 is 9.90 Å². The molecule has 1 unspecified atom stereocenters. The molecule has 1 aliphatic rings. The molecular weight excluding hydrogens is 252 g/mol. The summed E-state index contributed by atoms with van der Waals surface area (Å²) in [5, 5.41) is 15.0. The number of piperazine rings is 1. The van der Waals surface area contributed by atoms with E-state index in [4.69, 9.17) is 5.11 Å². The van der Waals surface area contributed by atoms with Gasteiger partial charge in [0, 0.05) is 19.6 Å². The molecule has 2 aromatic heterocycles. The Morgan fingerprint density at radius 1 is 1.56 bits per heavy atom. The zero-order valence-corrected chi connectivity index (χ0v) is 10.4. The maximum absolute atomic E-state index is 11.0. The average molecular weight is 264 g/mol. The van der Waals surface area contributed by atoms with Gasteiger partial charge < -0.3 is 15.3 Å². The van der Waals surface area contributed by atoms with Gasteiger partial charge in [0.15, 0.2) is 0 Å².